The van der Waals surface area contributed by atoms with Gasteiger partial charge in [-0.3, -0.25) is 11.3 Å². The van der Waals surface area contributed by atoms with E-state index in [1.807, 2.05) is 0 Å². The van der Waals surface area contributed by atoms with Crippen LogP contribution in [0.15, 0.2) is 24.3 Å². The summed E-state index contributed by atoms with van der Waals surface area (Å²) in [6.07, 6.45) is 0. The van der Waals surface area contributed by atoms with Crippen LogP contribution in [-0.4, -0.2) is 13.7 Å². The van der Waals surface area contributed by atoms with Crippen molar-refractivity contribution in [2.75, 3.05) is 13.7 Å². The van der Waals surface area contributed by atoms with Crippen molar-refractivity contribution in [3.63, 3.8) is 0 Å². The zero-order chi connectivity index (χ0) is 9.68. The molecule has 3 heteroatoms. The fraction of sp³-hybridized carbons (Fsp3) is 0.400. The summed E-state index contributed by atoms with van der Waals surface area (Å²) >= 11 is 0. The molecular weight excluding hydrogens is 164 g/mol. The van der Waals surface area contributed by atoms with E-state index in [1.165, 1.54) is 5.56 Å². The van der Waals surface area contributed by atoms with Crippen LogP contribution >= 0.6 is 0 Å². The number of methoxy groups -OCH3 is 1. The van der Waals surface area contributed by atoms with Crippen LogP contribution in [0.25, 0.3) is 0 Å². The monoisotopic (exact) mass is 180 g/mol. The van der Waals surface area contributed by atoms with E-state index in [0.29, 0.717) is 6.61 Å². The zero-order valence-electron chi connectivity index (χ0n) is 8.08. The molecule has 0 bridgehead atoms. The Morgan fingerprint density at radius 3 is 2.46 bits per heavy atom. The maximum Gasteiger partial charge on any atom is 0.0693 e. The van der Waals surface area contributed by atoms with Gasteiger partial charge >= 0.3 is 0 Å². The van der Waals surface area contributed by atoms with Gasteiger partial charge in [-0.05, 0) is 12.5 Å². The molecule has 1 atom stereocenters. The molecule has 0 spiro atoms. The van der Waals surface area contributed by atoms with E-state index in [4.69, 9.17) is 10.6 Å². The predicted molar refractivity (Wildman–Crippen MR) is 53.1 cm³/mol. The number of aryl methyl sites for hydroxylation is 1. The average Bonchev–Trinajstić information content (AvgIpc) is 2.16. The number of nitrogens with one attached hydrogen (secondary N) is 1. The maximum atomic E-state index is 5.40. The van der Waals surface area contributed by atoms with E-state index < -0.39 is 0 Å². The van der Waals surface area contributed by atoms with Crippen LogP contribution in [0.1, 0.15) is 17.2 Å². The Labute approximate surface area is 78.9 Å². The Hall–Kier alpha value is -0.900. The first-order chi connectivity index (χ1) is 6.27. The maximum absolute atomic E-state index is 5.40. The molecule has 0 aromatic heterocycles. The van der Waals surface area contributed by atoms with Crippen LogP contribution in [0, 0.1) is 6.92 Å². The Kier molecular flexibility index (Phi) is 3.89. The summed E-state index contributed by atoms with van der Waals surface area (Å²) in [6, 6.07) is 8.31. The summed E-state index contributed by atoms with van der Waals surface area (Å²) in [5.41, 5.74) is 5.11. The van der Waals surface area contributed by atoms with Crippen LogP contribution in [-0.2, 0) is 4.74 Å². The van der Waals surface area contributed by atoms with Crippen LogP contribution in [0.4, 0.5) is 0 Å². The average molecular weight is 180 g/mol. The third-order valence-corrected chi connectivity index (χ3v) is 2.01. The first kappa shape index (κ1) is 10.2. The van der Waals surface area contributed by atoms with Gasteiger partial charge in [-0.15, -0.1) is 0 Å². The van der Waals surface area contributed by atoms with Crippen LogP contribution in [0.3, 0.4) is 0 Å². The second-order valence-corrected chi connectivity index (χ2v) is 3.09. The van der Waals surface area contributed by atoms with Gasteiger partial charge in [-0.25, -0.2) is 0 Å². The largest absolute Gasteiger partial charge is 0.383 e. The molecule has 0 fully saturated rings. The molecule has 1 unspecified atom stereocenters. The quantitative estimate of drug-likeness (QED) is 0.539. The zero-order valence-corrected chi connectivity index (χ0v) is 8.08. The third kappa shape index (κ3) is 2.81. The molecule has 1 aromatic rings. The number of ether oxygens (including phenoxy) is 1. The fourth-order valence-corrected chi connectivity index (χ4v) is 1.21. The summed E-state index contributed by atoms with van der Waals surface area (Å²) < 4.78 is 5.04. The molecular formula is C10H16N2O. The summed E-state index contributed by atoms with van der Waals surface area (Å²) in [5, 5.41) is 0. The van der Waals surface area contributed by atoms with Crippen LogP contribution < -0.4 is 11.3 Å². The molecule has 0 aliphatic heterocycles. The molecule has 13 heavy (non-hydrogen) atoms. The highest BCUT2D eigenvalue weighted by atomic mass is 16.5. The van der Waals surface area contributed by atoms with E-state index in [9.17, 15) is 0 Å². The number of rotatable bonds is 4. The van der Waals surface area contributed by atoms with Crippen LogP contribution in [0.2, 0.25) is 0 Å². The van der Waals surface area contributed by atoms with Crippen molar-refractivity contribution in [3.8, 4) is 0 Å². The second kappa shape index (κ2) is 4.97. The smallest absolute Gasteiger partial charge is 0.0693 e. The highest BCUT2D eigenvalue weighted by Gasteiger charge is 2.07. The van der Waals surface area contributed by atoms with Gasteiger partial charge in [0.25, 0.3) is 0 Å². The number of hydrogen-bond donors (Lipinski definition) is 2. The minimum atomic E-state index is 0.0746. The predicted octanol–water partition coefficient (Wildman–Crippen LogP) is 1.15. The molecule has 0 amide bonds. The molecule has 1 rings (SSSR count). The number of hydrazine groups is 1. The van der Waals surface area contributed by atoms with E-state index in [1.54, 1.807) is 7.11 Å². The minimum absolute atomic E-state index is 0.0746. The Morgan fingerprint density at radius 2 is 2.00 bits per heavy atom. The SMILES string of the molecule is COCC(NN)c1ccc(C)cc1. The lowest BCUT2D eigenvalue weighted by Gasteiger charge is -2.15. The molecule has 0 aliphatic rings. The fourth-order valence-electron chi connectivity index (χ4n) is 1.21. The Balaban J connectivity index is 2.73. The van der Waals surface area contributed by atoms with Crippen molar-refractivity contribution < 1.29 is 4.74 Å². The van der Waals surface area contributed by atoms with Crippen molar-refractivity contribution in [1.82, 2.24) is 5.43 Å². The van der Waals surface area contributed by atoms with Gasteiger partial charge in [-0.2, -0.15) is 0 Å². The molecule has 1 aromatic carbocycles. The second-order valence-electron chi connectivity index (χ2n) is 3.09. The number of nitrogens with two attached hydrogens (primary N) is 1. The molecule has 72 valence electrons. The van der Waals surface area contributed by atoms with E-state index in [2.05, 4.69) is 36.6 Å². The molecule has 3 nitrogen and oxygen atoms in total. The van der Waals surface area contributed by atoms with E-state index in [-0.39, 0.29) is 6.04 Å². The molecule has 0 aliphatic carbocycles. The molecule has 0 saturated heterocycles. The van der Waals surface area contributed by atoms with Crippen molar-refractivity contribution in [2.45, 2.75) is 13.0 Å². The highest BCUT2D eigenvalue weighted by molar-refractivity contribution is 5.23. The third-order valence-electron chi connectivity index (χ3n) is 2.01. The first-order valence-electron chi connectivity index (χ1n) is 4.29. The molecule has 0 saturated carbocycles. The Morgan fingerprint density at radius 1 is 1.38 bits per heavy atom. The van der Waals surface area contributed by atoms with Crippen molar-refractivity contribution in [3.05, 3.63) is 35.4 Å². The molecule has 0 radical (unpaired) electrons. The summed E-state index contributed by atoms with van der Waals surface area (Å²) in [7, 11) is 1.67. The van der Waals surface area contributed by atoms with E-state index in [0.717, 1.165) is 5.56 Å². The van der Waals surface area contributed by atoms with Crippen molar-refractivity contribution in [2.24, 2.45) is 5.84 Å². The lowest BCUT2D eigenvalue weighted by Crippen LogP contribution is -2.31. The molecule has 3 N–H and O–H groups in total. The van der Waals surface area contributed by atoms with Gasteiger partial charge < -0.3 is 4.74 Å². The normalized spacial score (nSPS) is 12.8. The van der Waals surface area contributed by atoms with Gasteiger partial charge in [0.2, 0.25) is 0 Å². The summed E-state index contributed by atoms with van der Waals surface area (Å²) in [4.78, 5) is 0. The van der Waals surface area contributed by atoms with Gasteiger partial charge in [0, 0.05) is 7.11 Å². The Bertz CT molecular complexity index is 246. The van der Waals surface area contributed by atoms with Gasteiger partial charge in [0.1, 0.15) is 0 Å². The number of benzene rings is 1. The topological polar surface area (TPSA) is 47.3 Å². The number of hydrogen-bond acceptors (Lipinski definition) is 3. The van der Waals surface area contributed by atoms with Crippen molar-refractivity contribution in [1.29, 1.82) is 0 Å². The minimum Gasteiger partial charge on any atom is -0.383 e. The van der Waals surface area contributed by atoms with Crippen LogP contribution in [0.5, 0.6) is 0 Å². The standard InChI is InChI=1S/C10H16N2O/c1-8-3-5-9(6-4-8)10(12-11)7-13-2/h3-6,10,12H,7,11H2,1-2H3. The van der Waals surface area contributed by atoms with Crippen molar-refractivity contribution >= 4 is 0 Å². The summed E-state index contributed by atoms with van der Waals surface area (Å²) in [5.74, 6) is 5.40. The lowest BCUT2D eigenvalue weighted by atomic mass is 10.1. The van der Waals surface area contributed by atoms with Gasteiger partial charge in [0.05, 0.1) is 12.6 Å². The van der Waals surface area contributed by atoms with E-state index >= 15 is 0 Å². The van der Waals surface area contributed by atoms with Gasteiger partial charge in [0.15, 0.2) is 0 Å². The lowest BCUT2D eigenvalue weighted by molar-refractivity contribution is 0.167. The highest BCUT2D eigenvalue weighted by Crippen LogP contribution is 2.12. The molecule has 0 heterocycles. The summed E-state index contributed by atoms with van der Waals surface area (Å²) in [6.45, 7) is 2.64. The first-order valence-corrected chi connectivity index (χ1v) is 4.29. The van der Waals surface area contributed by atoms with Gasteiger partial charge in [-0.1, -0.05) is 29.8 Å².